The van der Waals surface area contributed by atoms with E-state index in [2.05, 4.69) is 27.2 Å². The summed E-state index contributed by atoms with van der Waals surface area (Å²) in [6.45, 7) is 3.46. The Balaban J connectivity index is 2.16. The number of hydrogen-bond donors (Lipinski definition) is 1. The number of ether oxygens (including phenoxy) is 1. The van der Waals surface area contributed by atoms with Crippen molar-refractivity contribution in [2.45, 2.75) is 19.9 Å². The Morgan fingerprint density at radius 3 is 2.85 bits per heavy atom. The first-order chi connectivity index (χ1) is 9.72. The third kappa shape index (κ3) is 3.59. The molecular weight excluding hydrogens is 258 g/mol. The molecule has 0 aromatic carbocycles. The molecule has 0 saturated heterocycles. The van der Waals surface area contributed by atoms with E-state index in [-0.39, 0.29) is 0 Å². The van der Waals surface area contributed by atoms with E-state index < -0.39 is 0 Å². The van der Waals surface area contributed by atoms with Crippen molar-refractivity contribution in [2.24, 2.45) is 0 Å². The molecule has 2 aromatic rings. The second-order valence-corrected chi connectivity index (χ2v) is 4.31. The van der Waals surface area contributed by atoms with E-state index in [1.165, 1.54) is 7.11 Å². The third-order valence-electron chi connectivity index (χ3n) is 2.63. The van der Waals surface area contributed by atoms with Crippen molar-refractivity contribution in [3.05, 3.63) is 24.2 Å². The van der Waals surface area contributed by atoms with Crippen molar-refractivity contribution in [3.63, 3.8) is 0 Å². The zero-order chi connectivity index (χ0) is 14.4. The summed E-state index contributed by atoms with van der Waals surface area (Å²) in [5, 5.41) is 3.13. The van der Waals surface area contributed by atoms with Gasteiger partial charge in [0.25, 0.3) is 0 Å². The minimum atomic E-state index is 0.292. The second kappa shape index (κ2) is 6.74. The number of aromatic nitrogens is 3. The highest BCUT2D eigenvalue weighted by Gasteiger charge is 2.12. The Kier molecular flexibility index (Phi) is 4.75. The van der Waals surface area contributed by atoms with Gasteiger partial charge in [0.15, 0.2) is 0 Å². The first-order valence-electron chi connectivity index (χ1n) is 6.50. The van der Waals surface area contributed by atoms with E-state index in [4.69, 9.17) is 9.15 Å². The van der Waals surface area contributed by atoms with Gasteiger partial charge >= 0.3 is 6.01 Å². The van der Waals surface area contributed by atoms with Crippen LogP contribution in [0.25, 0.3) is 0 Å². The molecule has 0 fully saturated rings. The topological polar surface area (TPSA) is 76.3 Å². The van der Waals surface area contributed by atoms with E-state index in [0.717, 1.165) is 18.7 Å². The van der Waals surface area contributed by atoms with E-state index in [1.807, 2.05) is 24.1 Å². The summed E-state index contributed by atoms with van der Waals surface area (Å²) in [5.41, 5.74) is 0. The smallest absolute Gasteiger partial charge is 0.322 e. The average molecular weight is 277 g/mol. The van der Waals surface area contributed by atoms with Gasteiger partial charge in [-0.1, -0.05) is 6.92 Å². The molecule has 2 aromatic heterocycles. The molecule has 0 atom stereocenters. The average Bonchev–Trinajstić information content (AvgIpc) is 2.97. The Morgan fingerprint density at radius 1 is 1.35 bits per heavy atom. The summed E-state index contributed by atoms with van der Waals surface area (Å²) in [7, 11) is 3.43. The summed E-state index contributed by atoms with van der Waals surface area (Å²) in [6, 6.07) is 4.05. The molecule has 2 heterocycles. The summed E-state index contributed by atoms with van der Waals surface area (Å²) in [5.74, 6) is 1.89. The van der Waals surface area contributed by atoms with Crippen molar-refractivity contribution in [3.8, 4) is 6.01 Å². The van der Waals surface area contributed by atoms with Crippen LogP contribution in [-0.2, 0) is 6.54 Å². The minimum Gasteiger partial charge on any atom is -0.467 e. The number of hydrogen-bond acceptors (Lipinski definition) is 7. The summed E-state index contributed by atoms with van der Waals surface area (Å²) < 4.78 is 10.4. The van der Waals surface area contributed by atoms with Gasteiger partial charge in [0, 0.05) is 13.6 Å². The van der Waals surface area contributed by atoms with Crippen molar-refractivity contribution in [1.82, 2.24) is 15.0 Å². The highest BCUT2D eigenvalue weighted by Crippen LogP contribution is 2.16. The fourth-order valence-corrected chi connectivity index (χ4v) is 1.63. The Morgan fingerprint density at radius 2 is 2.20 bits per heavy atom. The molecule has 20 heavy (non-hydrogen) atoms. The zero-order valence-electron chi connectivity index (χ0n) is 12.0. The Labute approximate surface area is 118 Å². The van der Waals surface area contributed by atoms with Gasteiger partial charge < -0.3 is 19.4 Å². The minimum absolute atomic E-state index is 0.292. The number of nitrogens with zero attached hydrogens (tertiary/aromatic N) is 4. The summed E-state index contributed by atoms with van der Waals surface area (Å²) in [4.78, 5) is 14.6. The van der Waals surface area contributed by atoms with Crippen molar-refractivity contribution in [2.75, 3.05) is 30.9 Å². The van der Waals surface area contributed by atoms with E-state index in [9.17, 15) is 0 Å². The van der Waals surface area contributed by atoms with Crippen LogP contribution in [0, 0.1) is 0 Å². The van der Waals surface area contributed by atoms with Gasteiger partial charge in [0.2, 0.25) is 11.9 Å². The molecule has 1 N–H and O–H groups in total. The Bertz CT molecular complexity index is 530. The van der Waals surface area contributed by atoms with Crippen LogP contribution in [0.15, 0.2) is 22.8 Å². The predicted molar refractivity (Wildman–Crippen MR) is 76.0 cm³/mol. The molecule has 0 bridgehead atoms. The molecule has 0 spiro atoms. The maximum absolute atomic E-state index is 5.32. The monoisotopic (exact) mass is 277 g/mol. The number of methoxy groups -OCH3 is 1. The molecule has 2 rings (SSSR count). The number of nitrogens with one attached hydrogen (secondary N) is 1. The highest BCUT2D eigenvalue weighted by atomic mass is 16.5. The van der Waals surface area contributed by atoms with Crippen LogP contribution in [0.3, 0.4) is 0 Å². The molecule has 0 aliphatic heterocycles. The number of rotatable bonds is 7. The molecule has 0 aliphatic carbocycles. The molecule has 108 valence electrons. The summed E-state index contributed by atoms with van der Waals surface area (Å²) >= 11 is 0. The zero-order valence-corrected chi connectivity index (χ0v) is 12.0. The normalized spacial score (nSPS) is 10.3. The molecular formula is C13H19N5O2. The van der Waals surface area contributed by atoms with Gasteiger partial charge in [0.1, 0.15) is 5.76 Å². The van der Waals surface area contributed by atoms with Gasteiger partial charge in [0.05, 0.1) is 19.9 Å². The fraction of sp³-hybridized carbons (Fsp3) is 0.462. The summed E-state index contributed by atoms with van der Waals surface area (Å²) in [6.07, 6.45) is 2.64. The van der Waals surface area contributed by atoms with Crippen LogP contribution in [0.5, 0.6) is 6.01 Å². The van der Waals surface area contributed by atoms with Crippen LogP contribution < -0.4 is 15.0 Å². The molecule has 0 unspecified atom stereocenters. The molecule has 0 radical (unpaired) electrons. The first kappa shape index (κ1) is 14.1. The standard InChI is InChI=1S/C13H19N5O2/c1-4-7-14-11-15-12(17-13(16-11)19-3)18(2)9-10-6-5-8-20-10/h5-6,8H,4,7,9H2,1-3H3,(H,14,15,16,17). The number of furan rings is 1. The third-order valence-corrected chi connectivity index (χ3v) is 2.63. The van der Waals surface area contributed by atoms with Crippen LogP contribution in [-0.4, -0.2) is 35.7 Å². The van der Waals surface area contributed by atoms with E-state index in [0.29, 0.717) is 24.5 Å². The van der Waals surface area contributed by atoms with Gasteiger partial charge in [-0.2, -0.15) is 15.0 Å². The largest absolute Gasteiger partial charge is 0.467 e. The van der Waals surface area contributed by atoms with Gasteiger partial charge in [-0.05, 0) is 18.6 Å². The molecule has 7 heteroatoms. The van der Waals surface area contributed by atoms with Crippen molar-refractivity contribution < 1.29 is 9.15 Å². The van der Waals surface area contributed by atoms with Crippen molar-refractivity contribution in [1.29, 1.82) is 0 Å². The fourth-order valence-electron chi connectivity index (χ4n) is 1.63. The molecule has 0 amide bonds. The predicted octanol–water partition coefficient (Wildman–Crippen LogP) is 1.93. The lowest BCUT2D eigenvalue weighted by atomic mass is 10.4. The lowest BCUT2D eigenvalue weighted by molar-refractivity contribution is 0.378. The molecule has 0 saturated carbocycles. The van der Waals surface area contributed by atoms with Crippen LogP contribution in [0.2, 0.25) is 0 Å². The van der Waals surface area contributed by atoms with E-state index >= 15 is 0 Å². The highest BCUT2D eigenvalue weighted by molar-refractivity contribution is 5.38. The lowest BCUT2D eigenvalue weighted by Crippen LogP contribution is -2.20. The van der Waals surface area contributed by atoms with Gasteiger partial charge in [-0.3, -0.25) is 0 Å². The Hall–Kier alpha value is -2.31. The maximum atomic E-state index is 5.32. The van der Waals surface area contributed by atoms with Crippen LogP contribution >= 0.6 is 0 Å². The van der Waals surface area contributed by atoms with Crippen molar-refractivity contribution >= 4 is 11.9 Å². The van der Waals surface area contributed by atoms with Gasteiger partial charge in [-0.15, -0.1) is 0 Å². The molecule has 0 aliphatic rings. The number of anilines is 2. The van der Waals surface area contributed by atoms with Crippen LogP contribution in [0.4, 0.5) is 11.9 Å². The quantitative estimate of drug-likeness (QED) is 0.828. The molecule has 7 nitrogen and oxygen atoms in total. The second-order valence-electron chi connectivity index (χ2n) is 4.31. The van der Waals surface area contributed by atoms with E-state index in [1.54, 1.807) is 6.26 Å². The van der Waals surface area contributed by atoms with Crippen LogP contribution in [0.1, 0.15) is 19.1 Å². The maximum Gasteiger partial charge on any atom is 0.322 e. The first-order valence-corrected chi connectivity index (χ1v) is 6.50. The van der Waals surface area contributed by atoms with Gasteiger partial charge in [-0.25, -0.2) is 0 Å². The SMILES string of the molecule is CCCNc1nc(OC)nc(N(C)Cc2ccco2)n1. The lowest BCUT2D eigenvalue weighted by Gasteiger charge is -2.16.